The van der Waals surface area contributed by atoms with E-state index in [-0.39, 0.29) is 24.1 Å². The number of benzene rings is 1. The number of nitrogens with one attached hydrogen (secondary N) is 3. The van der Waals surface area contributed by atoms with Crippen LogP contribution in [0.1, 0.15) is 39.0 Å². The molecular formula is C19H31N7O4. The number of nitro groups is 1. The van der Waals surface area contributed by atoms with Crippen molar-refractivity contribution in [3.05, 3.63) is 34.4 Å². The second kappa shape index (κ2) is 13.9. The molecule has 11 heteroatoms. The highest BCUT2D eigenvalue weighted by Gasteiger charge is 2.20. The molecule has 2 amide bonds. The van der Waals surface area contributed by atoms with Gasteiger partial charge in [0.15, 0.2) is 5.96 Å². The molecular weight excluding hydrogens is 390 g/mol. The standard InChI is InChI=1S/C19H31N7O4/c1-2-3-4-11-22-13-17(27)25-16(6-5-12-23-19(20)21)18(28)24-14-7-9-15(10-8-14)26(29)30/h7-10,16,22H,2-6,11-13H2,1H3,(H,24,28)(H,25,27)(H4,20,21,23). The van der Waals surface area contributed by atoms with E-state index in [9.17, 15) is 19.7 Å². The predicted octanol–water partition coefficient (Wildman–Crippen LogP) is 0.852. The first-order chi connectivity index (χ1) is 14.3. The van der Waals surface area contributed by atoms with E-state index in [1.54, 1.807) is 0 Å². The van der Waals surface area contributed by atoms with Crippen LogP contribution in [0.3, 0.4) is 0 Å². The van der Waals surface area contributed by atoms with Crippen LogP contribution in [0.2, 0.25) is 0 Å². The van der Waals surface area contributed by atoms with Gasteiger partial charge >= 0.3 is 0 Å². The van der Waals surface area contributed by atoms with E-state index < -0.39 is 16.9 Å². The van der Waals surface area contributed by atoms with Crippen LogP contribution >= 0.6 is 0 Å². The van der Waals surface area contributed by atoms with E-state index in [4.69, 9.17) is 11.5 Å². The summed E-state index contributed by atoms with van der Waals surface area (Å²) in [7, 11) is 0. The highest BCUT2D eigenvalue weighted by molar-refractivity contribution is 5.97. The van der Waals surface area contributed by atoms with Gasteiger partial charge in [-0.25, -0.2) is 0 Å². The Balaban J connectivity index is 2.65. The number of anilines is 1. The molecule has 0 saturated carbocycles. The topological polar surface area (TPSA) is 178 Å². The van der Waals surface area contributed by atoms with E-state index in [0.717, 1.165) is 25.8 Å². The lowest BCUT2D eigenvalue weighted by atomic mass is 10.1. The molecule has 0 aliphatic carbocycles. The smallest absolute Gasteiger partial charge is 0.269 e. The highest BCUT2D eigenvalue weighted by atomic mass is 16.6. The molecule has 0 radical (unpaired) electrons. The molecule has 0 fully saturated rings. The van der Waals surface area contributed by atoms with Crippen molar-refractivity contribution >= 4 is 29.1 Å². The van der Waals surface area contributed by atoms with Crippen LogP contribution in [0.15, 0.2) is 29.3 Å². The van der Waals surface area contributed by atoms with Gasteiger partial charge in [0.1, 0.15) is 6.04 Å². The Bertz CT molecular complexity index is 718. The normalized spacial score (nSPS) is 11.4. The minimum Gasteiger partial charge on any atom is -0.370 e. The summed E-state index contributed by atoms with van der Waals surface area (Å²) >= 11 is 0. The number of nitrogens with two attached hydrogens (primary N) is 2. The zero-order valence-corrected chi connectivity index (χ0v) is 17.2. The average molecular weight is 422 g/mol. The molecule has 0 bridgehead atoms. The van der Waals surface area contributed by atoms with Gasteiger partial charge < -0.3 is 27.4 Å². The SMILES string of the molecule is CCCCCNCC(=O)NC(CCCN=C(N)N)C(=O)Nc1ccc([N+](=O)[O-])cc1. The molecule has 7 N–H and O–H groups in total. The van der Waals surface area contributed by atoms with Crippen molar-refractivity contribution in [3.63, 3.8) is 0 Å². The summed E-state index contributed by atoms with van der Waals surface area (Å²) in [6.07, 6.45) is 3.97. The number of nitrogens with zero attached hydrogens (tertiary/aromatic N) is 2. The molecule has 1 unspecified atom stereocenters. The van der Waals surface area contributed by atoms with Crippen molar-refractivity contribution in [2.45, 2.75) is 45.1 Å². The number of aliphatic imine (C=N–C) groups is 1. The third-order valence-corrected chi connectivity index (χ3v) is 4.19. The number of unbranched alkanes of at least 4 members (excludes halogenated alkanes) is 2. The first-order valence-electron chi connectivity index (χ1n) is 9.94. The Morgan fingerprint density at radius 1 is 1.17 bits per heavy atom. The van der Waals surface area contributed by atoms with E-state index in [1.165, 1.54) is 24.3 Å². The van der Waals surface area contributed by atoms with E-state index in [1.807, 2.05) is 0 Å². The van der Waals surface area contributed by atoms with Crippen LogP contribution in [0.25, 0.3) is 0 Å². The van der Waals surface area contributed by atoms with Gasteiger partial charge in [0, 0.05) is 24.4 Å². The number of carbonyl (C=O) groups is 2. The third-order valence-electron chi connectivity index (χ3n) is 4.19. The molecule has 11 nitrogen and oxygen atoms in total. The van der Waals surface area contributed by atoms with E-state index >= 15 is 0 Å². The van der Waals surface area contributed by atoms with Gasteiger partial charge in [0.2, 0.25) is 11.8 Å². The lowest BCUT2D eigenvalue weighted by Gasteiger charge is -2.18. The molecule has 0 saturated heterocycles. The van der Waals surface area contributed by atoms with Crippen LogP contribution < -0.4 is 27.4 Å². The summed E-state index contributed by atoms with van der Waals surface area (Å²) in [6.45, 7) is 3.27. The summed E-state index contributed by atoms with van der Waals surface area (Å²) < 4.78 is 0. The quantitative estimate of drug-likeness (QED) is 0.0971. The summed E-state index contributed by atoms with van der Waals surface area (Å²) in [6, 6.07) is 4.66. The molecule has 30 heavy (non-hydrogen) atoms. The summed E-state index contributed by atoms with van der Waals surface area (Å²) in [4.78, 5) is 38.9. The van der Waals surface area contributed by atoms with Crippen molar-refractivity contribution in [1.82, 2.24) is 10.6 Å². The zero-order valence-electron chi connectivity index (χ0n) is 17.2. The fraction of sp³-hybridized carbons (Fsp3) is 0.526. The maximum atomic E-state index is 12.6. The molecule has 0 spiro atoms. The predicted molar refractivity (Wildman–Crippen MR) is 116 cm³/mol. The van der Waals surface area contributed by atoms with Crippen molar-refractivity contribution in [2.75, 3.05) is 25.0 Å². The van der Waals surface area contributed by atoms with Crippen LogP contribution in [0.4, 0.5) is 11.4 Å². The zero-order chi connectivity index (χ0) is 22.4. The number of hydrogen-bond acceptors (Lipinski definition) is 6. The Labute approximate surface area is 175 Å². The van der Waals surface area contributed by atoms with Crippen LogP contribution in [-0.2, 0) is 9.59 Å². The molecule has 0 heterocycles. The monoisotopic (exact) mass is 421 g/mol. The number of carbonyl (C=O) groups excluding carboxylic acids is 2. The number of nitro benzene ring substituents is 1. The number of hydrogen-bond donors (Lipinski definition) is 5. The van der Waals surface area contributed by atoms with E-state index in [2.05, 4.69) is 27.9 Å². The first kappa shape index (κ1) is 24.8. The lowest BCUT2D eigenvalue weighted by molar-refractivity contribution is -0.384. The number of rotatable bonds is 14. The van der Waals surface area contributed by atoms with Crippen molar-refractivity contribution < 1.29 is 14.5 Å². The number of amides is 2. The molecule has 166 valence electrons. The number of non-ortho nitro benzene ring substituents is 1. The van der Waals surface area contributed by atoms with E-state index in [0.29, 0.717) is 25.1 Å². The van der Waals surface area contributed by atoms with Gasteiger partial charge in [0.05, 0.1) is 11.5 Å². The van der Waals surface area contributed by atoms with Crippen molar-refractivity contribution in [1.29, 1.82) is 0 Å². The van der Waals surface area contributed by atoms with Gasteiger partial charge in [-0.3, -0.25) is 24.7 Å². The van der Waals surface area contributed by atoms with Crippen LogP contribution in [-0.4, -0.2) is 48.4 Å². The first-order valence-corrected chi connectivity index (χ1v) is 9.94. The maximum Gasteiger partial charge on any atom is 0.269 e. The van der Waals surface area contributed by atoms with Crippen LogP contribution in [0, 0.1) is 10.1 Å². The molecule has 1 aromatic carbocycles. The Morgan fingerprint density at radius 2 is 1.87 bits per heavy atom. The van der Waals surface area contributed by atoms with Crippen LogP contribution in [0.5, 0.6) is 0 Å². The minimum atomic E-state index is -0.792. The number of guanidine groups is 1. The second-order valence-electron chi connectivity index (χ2n) is 6.75. The molecule has 1 rings (SSSR count). The van der Waals surface area contributed by atoms with Gasteiger partial charge in [-0.05, 0) is 37.9 Å². The molecule has 0 aromatic heterocycles. The molecule has 1 atom stereocenters. The average Bonchev–Trinajstić information content (AvgIpc) is 2.70. The fourth-order valence-electron chi connectivity index (χ4n) is 2.62. The Morgan fingerprint density at radius 3 is 2.47 bits per heavy atom. The molecule has 0 aliphatic heterocycles. The summed E-state index contributed by atoms with van der Waals surface area (Å²) in [5.41, 5.74) is 10.9. The largest absolute Gasteiger partial charge is 0.370 e. The molecule has 0 aliphatic rings. The Kier molecular flexibility index (Phi) is 11.5. The summed E-state index contributed by atoms with van der Waals surface area (Å²) in [5, 5.41) is 19.2. The van der Waals surface area contributed by atoms with Gasteiger partial charge in [-0.15, -0.1) is 0 Å². The minimum absolute atomic E-state index is 0.0396. The van der Waals surface area contributed by atoms with Gasteiger partial charge in [0.25, 0.3) is 5.69 Å². The lowest BCUT2D eigenvalue weighted by Crippen LogP contribution is -2.47. The Hall–Kier alpha value is -3.21. The highest BCUT2D eigenvalue weighted by Crippen LogP contribution is 2.16. The fourth-order valence-corrected chi connectivity index (χ4v) is 2.62. The van der Waals surface area contributed by atoms with Crippen molar-refractivity contribution in [2.24, 2.45) is 16.5 Å². The maximum absolute atomic E-state index is 12.6. The van der Waals surface area contributed by atoms with Crippen molar-refractivity contribution in [3.8, 4) is 0 Å². The molecule has 1 aromatic rings. The summed E-state index contributed by atoms with van der Waals surface area (Å²) in [5.74, 6) is -0.757. The van der Waals surface area contributed by atoms with Gasteiger partial charge in [-0.1, -0.05) is 19.8 Å². The second-order valence-corrected chi connectivity index (χ2v) is 6.75. The third kappa shape index (κ3) is 10.4. The van der Waals surface area contributed by atoms with Gasteiger partial charge in [-0.2, -0.15) is 0 Å².